The number of imide groups is 1. The molecule has 0 radical (unpaired) electrons. The van der Waals surface area contributed by atoms with E-state index in [4.69, 9.17) is 11.7 Å². The van der Waals surface area contributed by atoms with E-state index in [9.17, 15) is 14.4 Å². The number of urea groups is 1. The highest BCUT2D eigenvalue weighted by Gasteiger charge is 2.49. The van der Waals surface area contributed by atoms with Gasteiger partial charge in [0.2, 0.25) is 5.91 Å². The lowest BCUT2D eigenvalue weighted by atomic mass is 9.91. The summed E-state index contributed by atoms with van der Waals surface area (Å²) in [6.07, 6.45) is 6.61. The first-order chi connectivity index (χ1) is 12.7. The first-order valence-corrected chi connectivity index (χ1v) is 8.68. The summed E-state index contributed by atoms with van der Waals surface area (Å²) in [6, 6.07) is 7.70. The number of carbonyl (C=O) groups excluding carboxylic acids is 3. The van der Waals surface area contributed by atoms with Gasteiger partial charge in [-0.15, -0.1) is 6.42 Å². The van der Waals surface area contributed by atoms with E-state index >= 15 is 0 Å². The summed E-state index contributed by atoms with van der Waals surface area (Å²) in [7, 11) is 0. The molecule has 1 aromatic carbocycles. The molecule has 1 aromatic rings. The van der Waals surface area contributed by atoms with E-state index < -0.39 is 35.5 Å². The molecule has 140 valence electrons. The molecule has 1 fully saturated rings. The molecule has 0 aliphatic carbocycles. The molecule has 7 nitrogen and oxygen atoms in total. The summed E-state index contributed by atoms with van der Waals surface area (Å²) in [5, 5.41) is 14.3. The summed E-state index contributed by atoms with van der Waals surface area (Å²) < 4.78 is 0. The van der Waals surface area contributed by atoms with Gasteiger partial charge in [0.05, 0.1) is 11.6 Å². The van der Waals surface area contributed by atoms with Gasteiger partial charge in [-0.05, 0) is 37.5 Å². The maximum Gasteiger partial charge on any atom is 0.325 e. The zero-order chi connectivity index (χ0) is 20.2. The Morgan fingerprint density at radius 1 is 1.30 bits per heavy atom. The topological polar surface area (TPSA) is 102 Å². The van der Waals surface area contributed by atoms with E-state index in [2.05, 4.69) is 16.6 Å². The SMILES string of the molecule is C#CC(CC)(CC)NC(=O)CN1C(=O)NC(C)(c2ccc(C#N)cc2)C1=O. The van der Waals surface area contributed by atoms with E-state index in [0.717, 1.165) is 4.90 Å². The van der Waals surface area contributed by atoms with Crippen LogP contribution in [0.4, 0.5) is 4.79 Å². The lowest BCUT2D eigenvalue weighted by Crippen LogP contribution is -2.51. The van der Waals surface area contributed by atoms with Gasteiger partial charge in [0.15, 0.2) is 0 Å². The van der Waals surface area contributed by atoms with Gasteiger partial charge in [0, 0.05) is 0 Å². The number of amides is 4. The van der Waals surface area contributed by atoms with Crippen molar-refractivity contribution < 1.29 is 14.4 Å². The number of nitriles is 1. The van der Waals surface area contributed by atoms with Crippen molar-refractivity contribution in [3.8, 4) is 18.4 Å². The van der Waals surface area contributed by atoms with Crippen LogP contribution in [0.1, 0.15) is 44.7 Å². The number of carbonyl (C=O) groups is 3. The average Bonchev–Trinajstić information content (AvgIpc) is 2.90. The van der Waals surface area contributed by atoms with Crippen molar-refractivity contribution in [1.29, 1.82) is 5.26 Å². The maximum absolute atomic E-state index is 12.9. The molecule has 1 heterocycles. The molecule has 1 aliphatic heterocycles. The monoisotopic (exact) mass is 366 g/mol. The van der Waals surface area contributed by atoms with Crippen molar-refractivity contribution in [3.05, 3.63) is 35.4 Å². The first kappa shape index (κ1) is 20.0. The summed E-state index contributed by atoms with van der Waals surface area (Å²) in [4.78, 5) is 38.5. The molecular weight excluding hydrogens is 344 g/mol. The average molecular weight is 366 g/mol. The summed E-state index contributed by atoms with van der Waals surface area (Å²) in [6.45, 7) is 4.87. The van der Waals surface area contributed by atoms with Crippen LogP contribution < -0.4 is 10.6 Å². The Morgan fingerprint density at radius 2 is 1.89 bits per heavy atom. The molecular formula is C20H22N4O3. The lowest BCUT2D eigenvalue weighted by Gasteiger charge is -2.28. The van der Waals surface area contributed by atoms with Crippen molar-refractivity contribution >= 4 is 17.8 Å². The standard InChI is InChI=1S/C20H22N4O3/c1-5-20(6-2,7-3)22-16(25)13-24-17(26)19(4,23-18(24)27)15-10-8-14(12-21)9-11-15/h1,8-11H,6-7,13H2,2-4H3,(H,22,25)(H,23,27). The molecule has 1 saturated heterocycles. The normalized spacial score (nSPS) is 19.2. The lowest BCUT2D eigenvalue weighted by molar-refractivity contribution is -0.135. The predicted molar refractivity (Wildman–Crippen MR) is 99.0 cm³/mol. The van der Waals surface area contributed by atoms with Crippen LogP contribution in [0.3, 0.4) is 0 Å². The molecule has 7 heteroatoms. The fourth-order valence-electron chi connectivity index (χ4n) is 3.03. The van der Waals surface area contributed by atoms with Crippen LogP contribution in [-0.4, -0.2) is 34.8 Å². The second-order valence-electron chi connectivity index (χ2n) is 6.62. The summed E-state index contributed by atoms with van der Waals surface area (Å²) in [5.41, 5.74) is -1.13. The van der Waals surface area contributed by atoms with Crippen molar-refractivity contribution in [2.24, 2.45) is 0 Å². The molecule has 2 rings (SSSR count). The molecule has 1 unspecified atom stereocenters. The molecule has 27 heavy (non-hydrogen) atoms. The van der Waals surface area contributed by atoms with Crippen LogP contribution in [0.25, 0.3) is 0 Å². The minimum absolute atomic E-state index is 0.417. The van der Waals surface area contributed by atoms with Crippen LogP contribution in [0.5, 0.6) is 0 Å². The largest absolute Gasteiger partial charge is 0.338 e. The number of terminal acetylenes is 1. The second kappa shape index (κ2) is 7.51. The number of hydrogen-bond acceptors (Lipinski definition) is 4. The summed E-state index contributed by atoms with van der Waals surface area (Å²) >= 11 is 0. The molecule has 4 amide bonds. The summed E-state index contributed by atoms with van der Waals surface area (Å²) in [5.74, 6) is 1.55. The molecule has 0 aromatic heterocycles. The Labute approximate surface area is 158 Å². The Morgan fingerprint density at radius 3 is 2.37 bits per heavy atom. The third-order valence-corrected chi connectivity index (χ3v) is 5.03. The van der Waals surface area contributed by atoms with Gasteiger partial charge in [0.1, 0.15) is 17.6 Å². The van der Waals surface area contributed by atoms with Crippen LogP contribution in [-0.2, 0) is 15.1 Å². The number of rotatable bonds is 6. The van der Waals surface area contributed by atoms with Crippen molar-refractivity contribution in [2.45, 2.75) is 44.7 Å². The third-order valence-electron chi connectivity index (χ3n) is 5.03. The highest BCUT2D eigenvalue weighted by Crippen LogP contribution is 2.29. The molecule has 0 bridgehead atoms. The number of benzene rings is 1. The maximum atomic E-state index is 12.9. The highest BCUT2D eigenvalue weighted by atomic mass is 16.2. The highest BCUT2D eigenvalue weighted by molar-refractivity contribution is 6.09. The number of nitrogens with zero attached hydrogens (tertiary/aromatic N) is 2. The van der Waals surface area contributed by atoms with Crippen LogP contribution in [0.15, 0.2) is 24.3 Å². The van der Waals surface area contributed by atoms with Gasteiger partial charge < -0.3 is 10.6 Å². The van der Waals surface area contributed by atoms with E-state index in [-0.39, 0.29) is 0 Å². The molecule has 0 saturated carbocycles. The molecule has 1 atom stereocenters. The van der Waals surface area contributed by atoms with E-state index in [1.165, 1.54) is 0 Å². The van der Waals surface area contributed by atoms with Gasteiger partial charge in [-0.25, -0.2) is 4.79 Å². The van der Waals surface area contributed by atoms with Crippen LogP contribution in [0.2, 0.25) is 0 Å². The Bertz CT molecular complexity index is 843. The van der Waals surface area contributed by atoms with Crippen molar-refractivity contribution in [3.63, 3.8) is 0 Å². The predicted octanol–water partition coefficient (Wildman–Crippen LogP) is 1.63. The van der Waals surface area contributed by atoms with Crippen molar-refractivity contribution in [2.75, 3.05) is 6.54 Å². The zero-order valence-electron chi connectivity index (χ0n) is 15.6. The molecule has 1 aliphatic rings. The van der Waals surface area contributed by atoms with Gasteiger partial charge in [-0.1, -0.05) is 31.9 Å². The zero-order valence-corrected chi connectivity index (χ0v) is 15.6. The number of nitrogens with one attached hydrogen (secondary N) is 2. The smallest absolute Gasteiger partial charge is 0.325 e. The Balaban J connectivity index is 2.19. The molecule has 2 N–H and O–H groups in total. The van der Waals surface area contributed by atoms with E-state index in [1.54, 1.807) is 31.2 Å². The fourth-order valence-corrected chi connectivity index (χ4v) is 3.03. The number of hydrogen-bond donors (Lipinski definition) is 2. The quantitative estimate of drug-likeness (QED) is 0.590. The van der Waals surface area contributed by atoms with E-state index in [0.29, 0.717) is 24.0 Å². The first-order valence-electron chi connectivity index (χ1n) is 8.68. The second-order valence-corrected chi connectivity index (χ2v) is 6.62. The van der Waals surface area contributed by atoms with Crippen molar-refractivity contribution in [1.82, 2.24) is 15.5 Å². The minimum Gasteiger partial charge on any atom is -0.338 e. The van der Waals surface area contributed by atoms with Gasteiger partial charge in [0.25, 0.3) is 5.91 Å². The minimum atomic E-state index is -1.30. The van der Waals surface area contributed by atoms with Gasteiger partial charge >= 0.3 is 6.03 Å². The van der Waals surface area contributed by atoms with Gasteiger partial charge in [-0.3, -0.25) is 14.5 Å². The Hall–Kier alpha value is -3.32. The van der Waals surface area contributed by atoms with Crippen LogP contribution >= 0.6 is 0 Å². The fraction of sp³-hybridized carbons (Fsp3) is 0.400. The Kier molecular flexibility index (Phi) is 5.56. The van der Waals surface area contributed by atoms with E-state index in [1.807, 2.05) is 19.9 Å². The van der Waals surface area contributed by atoms with Crippen LogP contribution in [0, 0.1) is 23.7 Å². The van der Waals surface area contributed by atoms with Gasteiger partial charge in [-0.2, -0.15) is 5.26 Å². The molecule has 0 spiro atoms. The third kappa shape index (κ3) is 3.63.